The quantitative estimate of drug-likeness (QED) is 0.760. The summed E-state index contributed by atoms with van der Waals surface area (Å²) in [6.45, 7) is 6.98. The van der Waals surface area contributed by atoms with Crippen LogP contribution in [0, 0.1) is 0 Å². The van der Waals surface area contributed by atoms with E-state index in [4.69, 9.17) is 0 Å². The molecule has 2 aliphatic rings. The van der Waals surface area contributed by atoms with Gasteiger partial charge in [-0.3, -0.25) is 9.69 Å². The Hall–Kier alpha value is -0.610. The maximum Gasteiger partial charge on any atom is 0.237 e. The van der Waals surface area contributed by atoms with Crippen molar-refractivity contribution in [2.45, 2.75) is 57.7 Å². The van der Waals surface area contributed by atoms with E-state index in [2.05, 4.69) is 22.5 Å². The number of likely N-dealkylation sites (tertiary alicyclic amines) is 1. The fourth-order valence-electron chi connectivity index (χ4n) is 2.88. The Labute approximate surface area is 104 Å². The van der Waals surface area contributed by atoms with Gasteiger partial charge in [0.2, 0.25) is 5.91 Å². The minimum absolute atomic E-state index is 0.0164. The van der Waals surface area contributed by atoms with E-state index < -0.39 is 0 Å². The van der Waals surface area contributed by atoms with Gasteiger partial charge in [0.25, 0.3) is 0 Å². The molecular formula is C13H25N3O. The van der Waals surface area contributed by atoms with E-state index in [0.717, 1.165) is 26.1 Å². The number of amides is 1. The Morgan fingerprint density at radius 1 is 1.41 bits per heavy atom. The molecule has 0 aliphatic carbocycles. The summed E-state index contributed by atoms with van der Waals surface area (Å²) in [4.78, 5) is 14.3. The first-order valence-electron chi connectivity index (χ1n) is 6.98. The standard InChI is InChI=1S/C13H25N3O/c1-3-7-14-13(17)10(2)16-8-6-11-4-5-12(9-16)15-11/h10-12,15H,3-9H2,1-2H3,(H,14,17). The lowest BCUT2D eigenvalue weighted by atomic mass is 10.1. The minimum Gasteiger partial charge on any atom is -0.355 e. The van der Waals surface area contributed by atoms with Crippen LogP contribution in [-0.2, 0) is 4.79 Å². The highest BCUT2D eigenvalue weighted by Gasteiger charge is 2.32. The lowest BCUT2D eigenvalue weighted by Gasteiger charge is -2.29. The number of nitrogens with one attached hydrogen (secondary N) is 2. The van der Waals surface area contributed by atoms with Gasteiger partial charge in [0.05, 0.1) is 6.04 Å². The van der Waals surface area contributed by atoms with E-state index in [0.29, 0.717) is 12.1 Å². The van der Waals surface area contributed by atoms with Gasteiger partial charge < -0.3 is 10.6 Å². The van der Waals surface area contributed by atoms with Crippen LogP contribution in [0.15, 0.2) is 0 Å². The molecule has 98 valence electrons. The van der Waals surface area contributed by atoms with Gasteiger partial charge in [-0.05, 0) is 32.6 Å². The molecule has 0 saturated carbocycles. The van der Waals surface area contributed by atoms with Crippen LogP contribution in [0.1, 0.15) is 39.5 Å². The molecule has 2 N–H and O–H groups in total. The molecule has 0 radical (unpaired) electrons. The number of hydrogen-bond donors (Lipinski definition) is 2. The summed E-state index contributed by atoms with van der Waals surface area (Å²) in [5, 5.41) is 6.64. The maximum absolute atomic E-state index is 11.9. The van der Waals surface area contributed by atoms with Gasteiger partial charge in [0, 0.05) is 31.7 Å². The number of carbonyl (C=O) groups excluding carboxylic acids is 1. The van der Waals surface area contributed by atoms with E-state index in [9.17, 15) is 4.79 Å². The number of carbonyl (C=O) groups is 1. The lowest BCUT2D eigenvalue weighted by molar-refractivity contribution is -0.125. The molecule has 3 unspecified atom stereocenters. The molecule has 1 amide bonds. The average Bonchev–Trinajstić information content (AvgIpc) is 2.65. The molecule has 17 heavy (non-hydrogen) atoms. The second-order valence-electron chi connectivity index (χ2n) is 5.39. The van der Waals surface area contributed by atoms with Crippen LogP contribution >= 0.6 is 0 Å². The van der Waals surface area contributed by atoms with Crippen LogP contribution in [0.2, 0.25) is 0 Å². The van der Waals surface area contributed by atoms with Crippen LogP contribution in [0.4, 0.5) is 0 Å². The van der Waals surface area contributed by atoms with Crippen molar-refractivity contribution in [2.24, 2.45) is 0 Å². The summed E-state index contributed by atoms with van der Waals surface area (Å²) in [6, 6.07) is 1.31. The van der Waals surface area contributed by atoms with Crippen molar-refractivity contribution in [1.29, 1.82) is 0 Å². The van der Waals surface area contributed by atoms with Crippen molar-refractivity contribution in [3.63, 3.8) is 0 Å². The number of rotatable bonds is 4. The van der Waals surface area contributed by atoms with Crippen LogP contribution < -0.4 is 10.6 Å². The molecule has 2 heterocycles. The Bertz CT molecular complexity index is 269. The van der Waals surface area contributed by atoms with Crippen LogP contribution in [0.5, 0.6) is 0 Å². The van der Waals surface area contributed by atoms with Gasteiger partial charge in [-0.1, -0.05) is 6.92 Å². The highest BCUT2D eigenvalue weighted by Crippen LogP contribution is 2.21. The van der Waals surface area contributed by atoms with Gasteiger partial charge in [-0.25, -0.2) is 0 Å². The third-order valence-electron chi connectivity index (χ3n) is 4.03. The molecule has 2 aliphatic heterocycles. The molecule has 2 saturated heterocycles. The highest BCUT2D eigenvalue weighted by molar-refractivity contribution is 5.81. The molecule has 0 aromatic carbocycles. The van der Waals surface area contributed by atoms with E-state index in [1.165, 1.54) is 19.3 Å². The molecular weight excluding hydrogens is 214 g/mol. The normalized spacial score (nSPS) is 30.9. The summed E-state index contributed by atoms with van der Waals surface area (Å²) in [6.07, 6.45) is 4.77. The van der Waals surface area contributed by atoms with E-state index in [1.54, 1.807) is 0 Å². The number of hydrogen-bond acceptors (Lipinski definition) is 3. The average molecular weight is 239 g/mol. The molecule has 3 atom stereocenters. The Kier molecular flexibility index (Phi) is 4.40. The lowest BCUT2D eigenvalue weighted by Crippen LogP contribution is -2.48. The summed E-state index contributed by atoms with van der Waals surface area (Å²) >= 11 is 0. The van der Waals surface area contributed by atoms with Crippen molar-refractivity contribution in [3.8, 4) is 0 Å². The second kappa shape index (κ2) is 5.83. The molecule has 0 aromatic heterocycles. The summed E-state index contributed by atoms with van der Waals surface area (Å²) in [7, 11) is 0. The fourth-order valence-corrected chi connectivity index (χ4v) is 2.88. The summed E-state index contributed by atoms with van der Waals surface area (Å²) in [5.74, 6) is 0.185. The first kappa shape index (κ1) is 12.8. The molecule has 4 nitrogen and oxygen atoms in total. The third kappa shape index (κ3) is 3.19. The Balaban J connectivity index is 1.86. The third-order valence-corrected chi connectivity index (χ3v) is 4.03. The van der Waals surface area contributed by atoms with Gasteiger partial charge in [-0.15, -0.1) is 0 Å². The predicted octanol–water partition coefficient (Wildman–Crippen LogP) is 0.727. The fraction of sp³-hybridized carbons (Fsp3) is 0.923. The Morgan fingerprint density at radius 2 is 2.18 bits per heavy atom. The maximum atomic E-state index is 11.9. The van der Waals surface area contributed by atoms with Crippen LogP contribution in [-0.4, -0.2) is 48.6 Å². The predicted molar refractivity (Wildman–Crippen MR) is 68.9 cm³/mol. The first-order chi connectivity index (χ1) is 8.20. The molecule has 0 spiro atoms. The molecule has 2 bridgehead atoms. The van der Waals surface area contributed by atoms with Crippen LogP contribution in [0.3, 0.4) is 0 Å². The van der Waals surface area contributed by atoms with Crippen molar-refractivity contribution in [2.75, 3.05) is 19.6 Å². The zero-order chi connectivity index (χ0) is 12.3. The monoisotopic (exact) mass is 239 g/mol. The summed E-state index contributed by atoms with van der Waals surface area (Å²) in [5.41, 5.74) is 0. The van der Waals surface area contributed by atoms with Crippen LogP contribution in [0.25, 0.3) is 0 Å². The van der Waals surface area contributed by atoms with Gasteiger partial charge in [-0.2, -0.15) is 0 Å². The van der Waals surface area contributed by atoms with Crippen molar-refractivity contribution in [3.05, 3.63) is 0 Å². The first-order valence-corrected chi connectivity index (χ1v) is 6.98. The van der Waals surface area contributed by atoms with Crippen molar-refractivity contribution in [1.82, 2.24) is 15.5 Å². The smallest absolute Gasteiger partial charge is 0.237 e. The van der Waals surface area contributed by atoms with Gasteiger partial charge in [0.15, 0.2) is 0 Å². The van der Waals surface area contributed by atoms with Gasteiger partial charge >= 0.3 is 0 Å². The molecule has 2 rings (SSSR count). The topological polar surface area (TPSA) is 44.4 Å². The second-order valence-corrected chi connectivity index (χ2v) is 5.39. The molecule has 0 aromatic rings. The number of nitrogens with zero attached hydrogens (tertiary/aromatic N) is 1. The number of fused-ring (bicyclic) bond motifs is 2. The van der Waals surface area contributed by atoms with E-state index in [-0.39, 0.29) is 11.9 Å². The largest absolute Gasteiger partial charge is 0.355 e. The molecule has 4 heteroatoms. The zero-order valence-corrected chi connectivity index (χ0v) is 11.0. The van der Waals surface area contributed by atoms with E-state index in [1.807, 2.05) is 6.92 Å². The van der Waals surface area contributed by atoms with E-state index >= 15 is 0 Å². The summed E-state index contributed by atoms with van der Waals surface area (Å²) < 4.78 is 0. The van der Waals surface area contributed by atoms with Crippen molar-refractivity contribution < 1.29 is 4.79 Å². The molecule has 2 fully saturated rings. The zero-order valence-electron chi connectivity index (χ0n) is 11.0. The highest BCUT2D eigenvalue weighted by atomic mass is 16.2. The van der Waals surface area contributed by atoms with Crippen molar-refractivity contribution >= 4 is 5.91 Å². The minimum atomic E-state index is 0.0164. The SMILES string of the molecule is CCCNC(=O)C(C)N1CCC2CCC(C1)N2. The Morgan fingerprint density at radius 3 is 2.94 bits per heavy atom. The van der Waals surface area contributed by atoms with Gasteiger partial charge in [0.1, 0.15) is 0 Å².